The van der Waals surface area contributed by atoms with E-state index in [4.69, 9.17) is 0 Å². The van der Waals surface area contributed by atoms with Gasteiger partial charge in [0.15, 0.2) is 0 Å². The van der Waals surface area contributed by atoms with E-state index >= 15 is 0 Å². The molecule has 2 aromatic heterocycles. The van der Waals surface area contributed by atoms with Gasteiger partial charge >= 0.3 is 5.69 Å². The summed E-state index contributed by atoms with van der Waals surface area (Å²) in [6.45, 7) is 0.488. The molecule has 0 saturated carbocycles. The van der Waals surface area contributed by atoms with E-state index in [0.29, 0.717) is 13.0 Å². The van der Waals surface area contributed by atoms with Gasteiger partial charge in [0.2, 0.25) is 5.82 Å². The maximum Gasteiger partial charge on any atom is 0.311 e. The van der Waals surface area contributed by atoms with Crippen LogP contribution in [0.3, 0.4) is 0 Å². The highest BCUT2D eigenvalue weighted by molar-refractivity contribution is 5.83. The first-order valence-electron chi connectivity index (χ1n) is 6.74. The van der Waals surface area contributed by atoms with Gasteiger partial charge in [-0.05, 0) is 36.2 Å². The molecule has 0 unspecified atom stereocenters. The van der Waals surface area contributed by atoms with Gasteiger partial charge in [-0.25, -0.2) is 9.37 Å². The Morgan fingerprint density at radius 2 is 2.23 bits per heavy atom. The zero-order chi connectivity index (χ0) is 15.5. The van der Waals surface area contributed by atoms with E-state index in [1.165, 1.54) is 30.5 Å². The molecule has 0 aliphatic heterocycles. The van der Waals surface area contributed by atoms with Gasteiger partial charge in [-0.3, -0.25) is 10.1 Å². The number of H-pyrrole nitrogens is 1. The molecular weight excluding hydrogens is 287 g/mol. The van der Waals surface area contributed by atoms with Crippen LogP contribution in [0.4, 0.5) is 15.9 Å². The zero-order valence-corrected chi connectivity index (χ0v) is 11.5. The molecule has 3 rings (SSSR count). The van der Waals surface area contributed by atoms with Gasteiger partial charge in [0.1, 0.15) is 5.82 Å². The number of benzene rings is 1. The quantitative estimate of drug-likeness (QED) is 0.559. The Balaban J connectivity index is 1.72. The van der Waals surface area contributed by atoms with Crippen molar-refractivity contribution in [1.29, 1.82) is 0 Å². The fourth-order valence-corrected chi connectivity index (χ4v) is 2.36. The van der Waals surface area contributed by atoms with Crippen molar-refractivity contribution in [1.82, 2.24) is 9.97 Å². The van der Waals surface area contributed by atoms with Crippen LogP contribution in [0.2, 0.25) is 0 Å². The molecule has 6 nitrogen and oxygen atoms in total. The second-order valence-corrected chi connectivity index (χ2v) is 4.81. The molecule has 3 aromatic rings. The predicted molar refractivity (Wildman–Crippen MR) is 81.3 cm³/mol. The normalized spacial score (nSPS) is 10.8. The number of aromatic amines is 1. The van der Waals surface area contributed by atoms with E-state index in [1.54, 1.807) is 6.07 Å². The lowest BCUT2D eigenvalue weighted by Gasteiger charge is -2.05. The average Bonchev–Trinajstić information content (AvgIpc) is 2.90. The number of aromatic nitrogens is 2. The first kappa shape index (κ1) is 14.0. The minimum Gasteiger partial charge on any atom is -0.364 e. The van der Waals surface area contributed by atoms with Gasteiger partial charge in [-0.15, -0.1) is 0 Å². The number of nitrogens with one attached hydrogen (secondary N) is 2. The second kappa shape index (κ2) is 5.80. The Bertz CT molecular complexity index is 831. The third kappa shape index (κ3) is 2.73. The number of pyridine rings is 1. The third-order valence-corrected chi connectivity index (χ3v) is 3.40. The smallest absolute Gasteiger partial charge is 0.311 e. The van der Waals surface area contributed by atoms with Crippen molar-refractivity contribution >= 4 is 22.4 Å². The average molecular weight is 300 g/mol. The molecule has 0 radical (unpaired) electrons. The third-order valence-electron chi connectivity index (χ3n) is 3.40. The molecule has 1 aromatic carbocycles. The summed E-state index contributed by atoms with van der Waals surface area (Å²) >= 11 is 0. The van der Waals surface area contributed by atoms with Crippen LogP contribution in [-0.2, 0) is 6.42 Å². The van der Waals surface area contributed by atoms with Crippen molar-refractivity contribution in [2.24, 2.45) is 0 Å². The predicted octanol–water partition coefficient (Wildman–Crippen LogP) is 3.26. The minimum atomic E-state index is -0.468. The first-order valence-corrected chi connectivity index (χ1v) is 6.74. The fourth-order valence-electron chi connectivity index (χ4n) is 2.36. The number of nitro groups is 1. The van der Waals surface area contributed by atoms with Crippen LogP contribution in [0.5, 0.6) is 0 Å². The molecule has 0 aliphatic rings. The van der Waals surface area contributed by atoms with Gasteiger partial charge in [0.05, 0.1) is 4.92 Å². The molecule has 0 saturated heterocycles. The van der Waals surface area contributed by atoms with E-state index in [-0.39, 0.29) is 17.3 Å². The van der Waals surface area contributed by atoms with Gasteiger partial charge in [0.25, 0.3) is 0 Å². The van der Waals surface area contributed by atoms with Crippen molar-refractivity contribution in [3.05, 3.63) is 64.2 Å². The Morgan fingerprint density at radius 1 is 1.36 bits per heavy atom. The van der Waals surface area contributed by atoms with E-state index < -0.39 is 4.92 Å². The Hall–Kier alpha value is -2.96. The van der Waals surface area contributed by atoms with Crippen molar-refractivity contribution in [3.8, 4) is 0 Å². The minimum absolute atomic E-state index is 0.0523. The van der Waals surface area contributed by atoms with E-state index in [2.05, 4.69) is 15.3 Å². The van der Waals surface area contributed by atoms with Crippen molar-refractivity contribution < 1.29 is 9.31 Å². The first-order chi connectivity index (χ1) is 10.6. The number of anilines is 1. The number of halogens is 1. The van der Waals surface area contributed by atoms with Crippen molar-refractivity contribution in [2.45, 2.75) is 6.42 Å². The molecule has 0 bridgehead atoms. The number of nitrogens with zero attached hydrogens (tertiary/aromatic N) is 2. The van der Waals surface area contributed by atoms with E-state index in [9.17, 15) is 14.5 Å². The van der Waals surface area contributed by atoms with Crippen molar-refractivity contribution in [3.63, 3.8) is 0 Å². The van der Waals surface area contributed by atoms with Crippen LogP contribution in [0, 0.1) is 15.9 Å². The van der Waals surface area contributed by atoms with Gasteiger partial charge in [0, 0.05) is 35.9 Å². The van der Waals surface area contributed by atoms with E-state index in [0.717, 1.165) is 16.5 Å². The molecule has 7 heteroatoms. The maximum absolute atomic E-state index is 13.1. The standard InChI is InChI=1S/C15H13FN4O2/c16-11-3-4-12-10(9-19-13(12)8-11)5-7-18-15-14(20(21)22)2-1-6-17-15/h1-4,6,8-9,19H,5,7H2,(H,17,18). The zero-order valence-electron chi connectivity index (χ0n) is 11.5. The molecule has 22 heavy (non-hydrogen) atoms. The highest BCUT2D eigenvalue weighted by atomic mass is 19.1. The lowest BCUT2D eigenvalue weighted by Crippen LogP contribution is -2.08. The Morgan fingerprint density at radius 3 is 3.05 bits per heavy atom. The molecule has 2 N–H and O–H groups in total. The van der Waals surface area contributed by atoms with Crippen molar-refractivity contribution in [2.75, 3.05) is 11.9 Å². The number of fused-ring (bicyclic) bond motifs is 1. The molecule has 2 heterocycles. The number of hydrogen-bond donors (Lipinski definition) is 2. The summed E-state index contributed by atoms with van der Waals surface area (Å²) in [5, 5.41) is 14.8. The largest absolute Gasteiger partial charge is 0.364 e. The van der Waals surface area contributed by atoms with Crippen LogP contribution in [-0.4, -0.2) is 21.4 Å². The van der Waals surface area contributed by atoms with Crippen LogP contribution in [0.25, 0.3) is 10.9 Å². The van der Waals surface area contributed by atoms with Crippen LogP contribution in [0.15, 0.2) is 42.7 Å². The Kier molecular flexibility index (Phi) is 3.69. The number of rotatable bonds is 5. The summed E-state index contributed by atoms with van der Waals surface area (Å²) in [5.74, 6) is -0.0403. The summed E-state index contributed by atoms with van der Waals surface area (Å²) in [5.41, 5.74) is 1.70. The van der Waals surface area contributed by atoms with Gasteiger partial charge < -0.3 is 10.3 Å². The SMILES string of the molecule is O=[N+]([O-])c1cccnc1NCCc1c[nH]c2cc(F)ccc12. The summed E-state index contributed by atoms with van der Waals surface area (Å²) < 4.78 is 13.1. The topological polar surface area (TPSA) is 83.8 Å². The summed E-state index contributed by atoms with van der Waals surface area (Å²) in [4.78, 5) is 17.4. The Labute approximate surface area is 125 Å². The number of hydrogen-bond acceptors (Lipinski definition) is 4. The fraction of sp³-hybridized carbons (Fsp3) is 0.133. The van der Waals surface area contributed by atoms with Gasteiger partial charge in [-0.2, -0.15) is 0 Å². The lowest BCUT2D eigenvalue weighted by atomic mass is 10.1. The molecule has 0 aliphatic carbocycles. The summed E-state index contributed by atoms with van der Waals surface area (Å²) in [6.07, 6.45) is 3.96. The maximum atomic E-state index is 13.1. The highest BCUT2D eigenvalue weighted by Crippen LogP contribution is 2.22. The molecule has 0 spiro atoms. The highest BCUT2D eigenvalue weighted by Gasteiger charge is 2.13. The molecule has 112 valence electrons. The van der Waals surface area contributed by atoms with Gasteiger partial charge in [-0.1, -0.05) is 0 Å². The molecular formula is C15H13FN4O2. The monoisotopic (exact) mass is 300 g/mol. The van der Waals surface area contributed by atoms with Crippen LogP contribution < -0.4 is 5.32 Å². The molecule has 0 atom stereocenters. The second-order valence-electron chi connectivity index (χ2n) is 4.81. The van der Waals surface area contributed by atoms with Crippen LogP contribution in [0.1, 0.15) is 5.56 Å². The molecule has 0 fully saturated rings. The summed E-state index contributed by atoms with van der Waals surface area (Å²) in [7, 11) is 0. The van der Waals surface area contributed by atoms with Crippen LogP contribution >= 0.6 is 0 Å². The summed E-state index contributed by atoms with van der Waals surface area (Å²) in [6, 6.07) is 7.51. The van der Waals surface area contributed by atoms with E-state index in [1.807, 2.05) is 6.20 Å². The lowest BCUT2D eigenvalue weighted by molar-refractivity contribution is -0.384. The molecule has 0 amide bonds.